The fourth-order valence-corrected chi connectivity index (χ4v) is 1.12. The topological polar surface area (TPSA) is 54.0 Å². The molecular weight excluding hydrogens is 162 g/mol. The summed E-state index contributed by atoms with van der Waals surface area (Å²) in [5, 5.41) is 5.12. The lowest BCUT2D eigenvalue weighted by Crippen LogP contribution is -2.31. The van der Waals surface area contributed by atoms with Crippen molar-refractivity contribution >= 4 is 17.4 Å². The maximum Gasteiger partial charge on any atom is 0.314 e. The monoisotopic (exact) mass is 171 g/mol. The van der Waals surface area contributed by atoms with E-state index < -0.39 is 0 Å². The van der Waals surface area contributed by atoms with E-state index in [-0.39, 0.29) is 6.03 Å². The third-order valence-corrected chi connectivity index (χ3v) is 1.91. The predicted octanol–water partition coefficient (Wildman–Crippen LogP) is 0.572. The lowest BCUT2D eigenvalue weighted by Gasteiger charge is -1.99. The van der Waals surface area contributed by atoms with Gasteiger partial charge in [0.25, 0.3) is 0 Å². The van der Waals surface area contributed by atoms with E-state index in [2.05, 4.69) is 15.6 Å². The van der Waals surface area contributed by atoms with E-state index in [4.69, 9.17) is 0 Å². The number of hydrogen-bond donors (Lipinski definition) is 2. The Hall–Kier alpha value is -1.10. The summed E-state index contributed by atoms with van der Waals surface area (Å²) in [6.07, 6.45) is 1.74. The Balaban J connectivity index is 2.29. The maximum atomic E-state index is 10.7. The number of rotatable bonds is 2. The summed E-state index contributed by atoms with van der Waals surface area (Å²) in [6, 6.07) is -0.168. The molecule has 1 aromatic heterocycles. The smallest absolute Gasteiger partial charge is 0.314 e. The third-order valence-electron chi connectivity index (χ3n) is 1.13. The highest BCUT2D eigenvalue weighted by Gasteiger charge is 1.96. The number of thiazole rings is 1. The van der Waals surface area contributed by atoms with Crippen LogP contribution in [0.25, 0.3) is 0 Å². The summed E-state index contributed by atoms with van der Waals surface area (Å²) < 4.78 is 0. The van der Waals surface area contributed by atoms with Crippen molar-refractivity contribution in [3.8, 4) is 0 Å². The van der Waals surface area contributed by atoms with Crippen LogP contribution in [0.3, 0.4) is 0 Å². The molecular formula is C6H9N3OS. The first-order valence-corrected chi connectivity index (χ1v) is 4.04. The highest BCUT2D eigenvalue weighted by atomic mass is 32.1. The van der Waals surface area contributed by atoms with Crippen LogP contribution in [0.5, 0.6) is 0 Å². The highest BCUT2D eigenvalue weighted by Crippen LogP contribution is 2.03. The van der Waals surface area contributed by atoms with E-state index in [0.29, 0.717) is 6.54 Å². The number of carbonyl (C=O) groups excluding carboxylic acids is 1. The number of aromatic nitrogens is 1. The Kier molecular flexibility index (Phi) is 2.85. The minimum atomic E-state index is -0.168. The lowest BCUT2D eigenvalue weighted by atomic mass is 10.5. The molecule has 1 heterocycles. The summed E-state index contributed by atoms with van der Waals surface area (Å²) in [5.74, 6) is 0. The Bertz CT molecular complexity index is 222. The first kappa shape index (κ1) is 8.00. The van der Waals surface area contributed by atoms with Gasteiger partial charge in [-0.05, 0) is 0 Å². The molecule has 0 fully saturated rings. The number of hydrogen-bond acceptors (Lipinski definition) is 3. The molecule has 60 valence electrons. The first-order valence-electron chi connectivity index (χ1n) is 3.16. The van der Waals surface area contributed by atoms with Crippen LogP contribution in [0.4, 0.5) is 4.79 Å². The largest absolute Gasteiger partial charge is 0.341 e. The van der Waals surface area contributed by atoms with Crippen LogP contribution in [0.15, 0.2) is 11.7 Å². The number of carbonyl (C=O) groups is 1. The summed E-state index contributed by atoms with van der Waals surface area (Å²) in [5.41, 5.74) is 1.74. The van der Waals surface area contributed by atoms with Crippen LogP contribution in [-0.4, -0.2) is 18.1 Å². The SMILES string of the molecule is CNC(=O)NCc1cncs1. The van der Waals surface area contributed by atoms with Crippen LogP contribution < -0.4 is 10.6 Å². The highest BCUT2D eigenvalue weighted by molar-refractivity contribution is 7.09. The van der Waals surface area contributed by atoms with Gasteiger partial charge in [-0.2, -0.15) is 0 Å². The van der Waals surface area contributed by atoms with Gasteiger partial charge >= 0.3 is 6.03 Å². The van der Waals surface area contributed by atoms with E-state index in [1.54, 1.807) is 18.8 Å². The van der Waals surface area contributed by atoms with Crippen LogP contribution in [0.1, 0.15) is 4.88 Å². The van der Waals surface area contributed by atoms with Gasteiger partial charge in [-0.3, -0.25) is 4.98 Å². The molecule has 0 saturated heterocycles. The second-order valence-electron chi connectivity index (χ2n) is 1.90. The van der Waals surface area contributed by atoms with Gasteiger partial charge in [-0.1, -0.05) is 0 Å². The number of nitrogens with one attached hydrogen (secondary N) is 2. The Morgan fingerprint density at radius 3 is 3.18 bits per heavy atom. The van der Waals surface area contributed by atoms with Gasteiger partial charge in [-0.25, -0.2) is 4.79 Å². The second kappa shape index (κ2) is 3.92. The molecule has 0 unspecified atom stereocenters. The zero-order chi connectivity index (χ0) is 8.10. The molecule has 2 N–H and O–H groups in total. The molecule has 2 amide bonds. The molecule has 0 aliphatic carbocycles. The zero-order valence-corrected chi connectivity index (χ0v) is 6.94. The van der Waals surface area contributed by atoms with Crippen LogP contribution in [0, 0.1) is 0 Å². The number of urea groups is 1. The minimum Gasteiger partial charge on any atom is -0.341 e. The van der Waals surface area contributed by atoms with Crippen molar-refractivity contribution in [2.75, 3.05) is 7.05 Å². The average Bonchev–Trinajstić information content (AvgIpc) is 2.52. The van der Waals surface area contributed by atoms with Gasteiger partial charge in [-0.15, -0.1) is 11.3 Å². The molecule has 0 aliphatic rings. The predicted molar refractivity (Wildman–Crippen MR) is 43.4 cm³/mol. The molecule has 0 spiro atoms. The fraction of sp³-hybridized carbons (Fsp3) is 0.333. The molecule has 0 aromatic carbocycles. The average molecular weight is 171 g/mol. The normalized spacial score (nSPS) is 9.18. The van der Waals surface area contributed by atoms with Crippen molar-refractivity contribution in [3.63, 3.8) is 0 Å². The van der Waals surface area contributed by atoms with Gasteiger partial charge in [0.05, 0.1) is 12.1 Å². The van der Waals surface area contributed by atoms with Crippen molar-refractivity contribution < 1.29 is 4.79 Å². The van der Waals surface area contributed by atoms with Crippen LogP contribution in [-0.2, 0) is 6.54 Å². The quantitative estimate of drug-likeness (QED) is 0.683. The van der Waals surface area contributed by atoms with E-state index in [1.807, 2.05) is 0 Å². The molecule has 0 atom stereocenters. The number of nitrogens with zero attached hydrogens (tertiary/aromatic N) is 1. The van der Waals surface area contributed by atoms with Crippen molar-refractivity contribution in [2.24, 2.45) is 0 Å². The molecule has 4 nitrogen and oxygen atoms in total. The standard InChI is InChI=1S/C6H9N3OS/c1-7-6(10)9-3-5-2-8-4-11-5/h2,4H,3H2,1H3,(H2,7,9,10). The molecule has 0 radical (unpaired) electrons. The van der Waals surface area contributed by atoms with Gasteiger partial charge in [0, 0.05) is 18.1 Å². The Labute approximate surface area is 68.6 Å². The summed E-state index contributed by atoms with van der Waals surface area (Å²) in [7, 11) is 1.59. The van der Waals surface area contributed by atoms with E-state index >= 15 is 0 Å². The van der Waals surface area contributed by atoms with Crippen molar-refractivity contribution in [3.05, 3.63) is 16.6 Å². The van der Waals surface area contributed by atoms with Crippen molar-refractivity contribution in [1.82, 2.24) is 15.6 Å². The van der Waals surface area contributed by atoms with E-state index in [1.165, 1.54) is 11.3 Å². The van der Waals surface area contributed by atoms with Crippen LogP contribution in [0.2, 0.25) is 0 Å². The van der Waals surface area contributed by atoms with Crippen molar-refractivity contribution in [1.29, 1.82) is 0 Å². The molecule has 1 rings (SSSR count). The first-order chi connectivity index (χ1) is 5.33. The summed E-state index contributed by atoms with van der Waals surface area (Å²) in [4.78, 5) is 15.6. The molecule has 11 heavy (non-hydrogen) atoms. The van der Waals surface area contributed by atoms with Gasteiger partial charge in [0.1, 0.15) is 0 Å². The van der Waals surface area contributed by atoms with E-state index in [0.717, 1.165) is 4.88 Å². The second-order valence-corrected chi connectivity index (χ2v) is 2.87. The summed E-state index contributed by atoms with van der Waals surface area (Å²) >= 11 is 1.52. The molecule has 0 aliphatic heterocycles. The third kappa shape index (κ3) is 2.55. The molecule has 0 bridgehead atoms. The van der Waals surface area contributed by atoms with E-state index in [9.17, 15) is 4.79 Å². The molecule has 5 heteroatoms. The Morgan fingerprint density at radius 1 is 1.82 bits per heavy atom. The zero-order valence-electron chi connectivity index (χ0n) is 6.13. The van der Waals surface area contributed by atoms with Crippen LogP contribution >= 0.6 is 11.3 Å². The minimum absolute atomic E-state index is 0.168. The molecule has 1 aromatic rings. The Morgan fingerprint density at radius 2 is 2.64 bits per heavy atom. The number of amides is 2. The lowest BCUT2D eigenvalue weighted by molar-refractivity contribution is 0.242. The van der Waals surface area contributed by atoms with Gasteiger partial charge in [0.15, 0.2) is 0 Å². The maximum absolute atomic E-state index is 10.7. The molecule has 0 saturated carbocycles. The fourth-order valence-electron chi connectivity index (χ4n) is 0.585. The van der Waals surface area contributed by atoms with Crippen molar-refractivity contribution in [2.45, 2.75) is 6.54 Å². The summed E-state index contributed by atoms with van der Waals surface area (Å²) in [6.45, 7) is 0.546. The van der Waals surface area contributed by atoms with Gasteiger partial charge in [0.2, 0.25) is 0 Å². The van der Waals surface area contributed by atoms with Gasteiger partial charge < -0.3 is 10.6 Å².